The van der Waals surface area contributed by atoms with Crippen LogP contribution in [0.5, 0.6) is 5.75 Å². The number of aryl methyl sites for hydroxylation is 4. The second-order valence-electron chi connectivity index (χ2n) is 7.69. The van der Waals surface area contributed by atoms with Gasteiger partial charge in [0.05, 0.1) is 12.9 Å². The molecule has 0 fully saturated rings. The summed E-state index contributed by atoms with van der Waals surface area (Å²) in [6.45, 7) is 6.16. The highest BCUT2D eigenvalue weighted by Crippen LogP contribution is 2.21. The largest absolute Gasteiger partial charge is 0.497 e. The van der Waals surface area contributed by atoms with Crippen LogP contribution in [0.4, 0.5) is 5.69 Å². The molecule has 2 aromatic carbocycles. The summed E-state index contributed by atoms with van der Waals surface area (Å²) in [4.78, 5) is 12.4. The molecule has 1 aromatic heterocycles. The first-order chi connectivity index (χ1) is 14.9. The Hall–Kier alpha value is -2.80. The number of rotatable bonds is 9. The fourth-order valence-electron chi connectivity index (χ4n) is 3.40. The van der Waals surface area contributed by atoms with Gasteiger partial charge in [0.2, 0.25) is 5.91 Å². The lowest BCUT2D eigenvalue weighted by atomic mass is 10.0. The first kappa shape index (κ1) is 22.9. The highest BCUT2D eigenvalue weighted by Gasteiger charge is 2.13. The molecule has 7 heteroatoms. The first-order valence-electron chi connectivity index (χ1n) is 10.4. The Morgan fingerprint density at radius 3 is 2.65 bits per heavy atom. The second-order valence-corrected chi connectivity index (χ2v) is 8.63. The summed E-state index contributed by atoms with van der Waals surface area (Å²) < 4.78 is 7.26. The molecule has 0 unspecified atom stereocenters. The molecule has 3 aromatic rings. The van der Waals surface area contributed by atoms with E-state index in [1.807, 2.05) is 49.7 Å². The molecule has 0 aliphatic heterocycles. The molecule has 0 aliphatic rings. The lowest BCUT2D eigenvalue weighted by Gasteiger charge is -2.10. The average Bonchev–Trinajstić information content (AvgIpc) is 3.10. The maximum absolute atomic E-state index is 12.4. The number of hydrogen-bond donors (Lipinski definition) is 1. The van der Waals surface area contributed by atoms with Crippen LogP contribution in [0.15, 0.2) is 41.6 Å². The van der Waals surface area contributed by atoms with E-state index in [2.05, 4.69) is 34.6 Å². The Balaban J connectivity index is 1.50. The molecule has 1 amide bonds. The number of aromatic nitrogens is 3. The molecule has 0 saturated heterocycles. The van der Waals surface area contributed by atoms with Crippen LogP contribution in [0.2, 0.25) is 0 Å². The first-order valence-corrected chi connectivity index (χ1v) is 11.4. The predicted molar refractivity (Wildman–Crippen MR) is 126 cm³/mol. The zero-order valence-electron chi connectivity index (χ0n) is 18.9. The lowest BCUT2D eigenvalue weighted by Crippen LogP contribution is -2.15. The van der Waals surface area contributed by atoms with Gasteiger partial charge in [-0.25, -0.2) is 0 Å². The summed E-state index contributed by atoms with van der Waals surface area (Å²) in [5, 5.41) is 12.3. The molecule has 6 nitrogen and oxygen atoms in total. The van der Waals surface area contributed by atoms with Crippen LogP contribution in [0.1, 0.15) is 34.5 Å². The Kier molecular flexibility index (Phi) is 7.74. The monoisotopic (exact) mass is 438 g/mol. The van der Waals surface area contributed by atoms with Crippen molar-refractivity contribution in [2.75, 3.05) is 18.2 Å². The van der Waals surface area contributed by atoms with Crippen LogP contribution < -0.4 is 10.1 Å². The minimum atomic E-state index is -0.0433. The topological polar surface area (TPSA) is 69.0 Å². The average molecular weight is 439 g/mol. The lowest BCUT2D eigenvalue weighted by molar-refractivity contribution is -0.113. The maximum Gasteiger partial charge on any atom is 0.234 e. The molecule has 0 saturated carbocycles. The van der Waals surface area contributed by atoms with Crippen LogP contribution in [0.25, 0.3) is 0 Å². The number of anilines is 1. The van der Waals surface area contributed by atoms with Gasteiger partial charge in [0.1, 0.15) is 11.6 Å². The van der Waals surface area contributed by atoms with Crippen LogP contribution in [0, 0.1) is 20.8 Å². The van der Waals surface area contributed by atoms with Crippen molar-refractivity contribution < 1.29 is 9.53 Å². The van der Waals surface area contributed by atoms with Crippen molar-refractivity contribution in [3.05, 3.63) is 64.5 Å². The van der Waals surface area contributed by atoms with Gasteiger partial charge >= 0.3 is 0 Å². The summed E-state index contributed by atoms with van der Waals surface area (Å²) in [7, 11) is 3.64. The van der Waals surface area contributed by atoms with E-state index in [0.717, 1.165) is 52.8 Å². The molecule has 164 valence electrons. The number of nitrogens with one attached hydrogen (secondary N) is 1. The second kappa shape index (κ2) is 10.5. The molecule has 0 atom stereocenters. The van der Waals surface area contributed by atoms with Gasteiger partial charge in [-0.2, -0.15) is 0 Å². The van der Waals surface area contributed by atoms with Gasteiger partial charge in [-0.15, -0.1) is 10.2 Å². The number of carbonyl (C=O) groups excluding carboxylic acids is 1. The standard InChI is InChI=1S/C24H30N4O2S/c1-16-8-6-10-21(18(16)3)25-23(29)15-31-24-27-26-22(28(24)4)11-7-9-19-12-13-20(30-5)14-17(19)2/h6,8,10,12-14H,7,9,11,15H2,1-5H3,(H,25,29). The van der Waals surface area contributed by atoms with Crippen molar-refractivity contribution in [3.8, 4) is 5.75 Å². The summed E-state index contributed by atoms with van der Waals surface area (Å²) in [6.07, 6.45) is 2.80. The van der Waals surface area contributed by atoms with E-state index in [1.54, 1.807) is 7.11 Å². The number of nitrogens with zero attached hydrogens (tertiary/aromatic N) is 3. The molecule has 1 N–H and O–H groups in total. The number of methoxy groups -OCH3 is 1. The van der Waals surface area contributed by atoms with Crippen LogP contribution in [-0.4, -0.2) is 33.5 Å². The summed E-state index contributed by atoms with van der Waals surface area (Å²) in [6, 6.07) is 12.1. The molecule has 0 bridgehead atoms. The molecule has 0 radical (unpaired) electrons. The zero-order valence-corrected chi connectivity index (χ0v) is 19.7. The fourth-order valence-corrected chi connectivity index (χ4v) is 4.13. The van der Waals surface area contributed by atoms with Crippen LogP contribution in [0.3, 0.4) is 0 Å². The Morgan fingerprint density at radius 1 is 1.10 bits per heavy atom. The van der Waals surface area contributed by atoms with Crippen molar-refractivity contribution >= 4 is 23.4 Å². The highest BCUT2D eigenvalue weighted by atomic mass is 32.2. The number of carbonyl (C=O) groups is 1. The maximum atomic E-state index is 12.4. The van der Waals surface area contributed by atoms with E-state index in [4.69, 9.17) is 4.74 Å². The number of benzene rings is 2. The molecular weight excluding hydrogens is 408 g/mol. The summed E-state index contributed by atoms with van der Waals surface area (Å²) in [5.74, 6) is 2.07. The Labute approximate surface area is 188 Å². The Morgan fingerprint density at radius 2 is 1.90 bits per heavy atom. The van der Waals surface area contributed by atoms with E-state index < -0.39 is 0 Å². The van der Waals surface area contributed by atoms with E-state index in [-0.39, 0.29) is 5.91 Å². The summed E-state index contributed by atoms with van der Waals surface area (Å²) in [5.41, 5.74) is 5.67. The van der Waals surface area contributed by atoms with E-state index in [1.165, 1.54) is 22.9 Å². The Bertz CT molecular complexity index is 1060. The molecule has 0 aliphatic carbocycles. The van der Waals surface area contributed by atoms with Crippen molar-refractivity contribution in [1.29, 1.82) is 0 Å². The van der Waals surface area contributed by atoms with Gasteiger partial charge in [0.25, 0.3) is 0 Å². The number of thioether (sulfide) groups is 1. The van der Waals surface area contributed by atoms with Gasteiger partial charge < -0.3 is 14.6 Å². The SMILES string of the molecule is COc1ccc(CCCc2nnc(SCC(=O)Nc3cccc(C)c3C)n2C)c(C)c1. The molecule has 3 rings (SSSR count). The highest BCUT2D eigenvalue weighted by molar-refractivity contribution is 7.99. The molecule has 0 spiro atoms. The normalized spacial score (nSPS) is 10.9. The predicted octanol–water partition coefficient (Wildman–Crippen LogP) is 4.66. The zero-order chi connectivity index (χ0) is 22.4. The van der Waals surface area contributed by atoms with Gasteiger partial charge in [0, 0.05) is 19.2 Å². The number of hydrogen-bond acceptors (Lipinski definition) is 5. The minimum Gasteiger partial charge on any atom is -0.497 e. The number of ether oxygens (including phenoxy) is 1. The fraction of sp³-hybridized carbons (Fsp3) is 0.375. The van der Waals surface area contributed by atoms with E-state index in [9.17, 15) is 4.79 Å². The minimum absolute atomic E-state index is 0.0433. The molecule has 1 heterocycles. The third-order valence-corrected chi connectivity index (χ3v) is 6.55. The van der Waals surface area contributed by atoms with E-state index >= 15 is 0 Å². The van der Waals surface area contributed by atoms with Crippen molar-refractivity contribution in [2.24, 2.45) is 7.05 Å². The van der Waals surface area contributed by atoms with Gasteiger partial charge in [-0.3, -0.25) is 4.79 Å². The van der Waals surface area contributed by atoms with Crippen LogP contribution >= 0.6 is 11.8 Å². The number of amides is 1. The van der Waals surface area contributed by atoms with Crippen LogP contribution in [-0.2, 0) is 24.7 Å². The summed E-state index contributed by atoms with van der Waals surface area (Å²) >= 11 is 1.41. The van der Waals surface area contributed by atoms with Crippen molar-refractivity contribution in [1.82, 2.24) is 14.8 Å². The van der Waals surface area contributed by atoms with Crippen molar-refractivity contribution in [2.45, 2.75) is 45.2 Å². The smallest absolute Gasteiger partial charge is 0.234 e. The third-order valence-electron chi connectivity index (χ3n) is 5.53. The van der Waals surface area contributed by atoms with Gasteiger partial charge in [0.15, 0.2) is 5.16 Å². The molecular formula is C24H30N4O2S. The van der Waals surface area contributed by atoms with Gasteiger partial charge in [-0.1, -0.05) is 30.0 Å². The van der Waals surface area contributed by atoms with E-state index in [0.29, 0.717) is 5.75 Å². The quantitative estimate of drug-likeness (QED) is 0.492. The van der Waals surface area contributed by atoms with Gasteiger partial charge in [-0.05, 0) is 74.1 Å². The molecule has 31 heavy (non-hydrogen) atoms. The van der Waals surface area contributed by atoms with Crippen molar-refractivity contribution in [3.63, 3.8) is 0 Å². The third kappa shape index (κ3) is 5.88.